The molecule has 2 aliphatic rings. The molecule has 1 fully saturated rings. The van der Waals surface area contributed by atoms with Gasteiger partial charge >= 0.3 is 0 Å². The maximum Gasteiger partial charge on any atom is 0.255 e. The highest BCUT2D eigenvalue weighted by Gasteiger charge is 2.27. The molecule has 2 aliphatic heterocycles. The van der Waals surface area contributed by atoms with Crippen LogP contribution in [0, 0.1) is 0 Å². The smallest absolute Gasteiger partial charge is 0.255 e. The first-order valence-corrected chi connectivity index (χ1v) is 10.7. The van der Waals surface area contributed by atoms with Crippen LogP contribution in [0.2, 0.25) is 0 Å². The van der Waals surface area contributed by atoms with Crippen molar-refractivity contribution in [3.63, 3.8) is 0 Å². The minimum Gasteiger partial charge on any atom is -0.312 e. The van der Waals surface area contributed by atoms with Gasteiger partial charge in [-0.3, -0.25) is 9.69 Å². The van der Waals surface area contributed by atoms with Crippen LogP contribution in [-0.4, -0.2) is 32.9 Å². The van der Waals surface area contributed by atoms with Crippen LogP contribution in [0.15, 0.2) is 40.6 Å². The van der Waals surface area contributed by atoms with Crippen LogP contribution in [0.5, 0.6) is 0 Å². The molecule has 0 bridgehead atoms. The van der Waals surface area contributed by atoms with Gasteiger partial charge in [0.05, 0.1) is 17.3 Å². The predicted molar refractivity (Wildman–Crippen MR) is 110 cm³/mol. The minimum atomic E-state index is -0.0281. The summed E-state index contributed by atoms with van der Waals surface area (Å²) in [5.74, 6) is 0.666. The summed E-state index contributed by atoms with van der Waals surface area (Å²) in [7, 11) is 0. The summed E-state index contributed by atoms with van der Waals surface area (Å²) in [6.45, 7) is 3.51. The highest BCUT2D eigenvalue weighted by atomic mass is 32.1. The van der Waals surface area contributed by atoms with E-state index in [2.05, 4.69) is 49.8 Å². The lowest BCUT2D eigenvalue weighted by atomic mass is 10.1. The summed E-state index contributed by atoms with van der Waals surface area (Å²) >= 11 is 1.75. The van der Waals surface area contributed by atoms with E-state index in [1.165, 1.54) is 23.4 Å². The van der Waals surface area contributed by atoms with E-state index in [0.717, 1.165) is 42.9 Å². The van der Waals surface area contributed by atoms with E-state index >= 15 is 0 Å². The summed E-state index contributed by atoms with van der Waals surface area (Å²) in [6.07, 6.45) is 5.10. The second-order valence-electron chi connectivity index (χ2n) is 7.46. The molecule has 4 heterocycles. The van der Waals surface area contributed by atoms with Crippen LogP contribution >= 0.6 is 11.3 Å². The van der Waals surface area contributed by atoms with Gasteiger partial charge in [-0.15, -0.1) is 11.3 Å². The fourth-order valence-corrected chi connectivity index (χ4v) is 4.99. The van der Waals surface area contributed by atoms with Crippen molar-refractivity contribution in [2.24, 2.45) is 0 Å². The fraction of sp³-hybridized carbons (Fsp3) is 0.381. The average Bonchev–Trinajstić information content (AvgIpc) is 3.40. The van der Waals surface area contributed by atoms with Crippen LogP contribution < -0.4 is 10.9 Å². The second kappa shape index (κ2) is 7.58. The van der Waals surface area contributed by atoms with Crippen molar-refractivity contribution in [2.45, 2.75) is 38.4 Å². The van der Waals surface area contributed by atoms with Gasteiger partial charge in [-0.25, -0.2) is 9.97 Å². The van der Waals surface area contributed by atoms with Crippen molar-refractivity contribution in [1.82, 2.24) is 25.2 Å². The Morgan fingerprint density at radius 1 is 1.25 bits per heavy atom. The molecule has 2 aromatic heterocycles. The summed E-state index contributed by atoms with van der Waals surface area (Å²) < 4.78 is 0. The predicted octanol–water partition coefficient (Wildman–Crippen LogP) is 2.88. The van der Waals surface area contributed by atoms with Crippen LogP contribution in [0.4, 0.5) is 0 Å². The molecule has 0 amide bonds. The van der Waals surface area contributed by atoms with Gasteiger partial charge in [0.15, 0.2) is 0 Å². The number of fused-ring (bicyclic) bond motifs is 1. The van der Waals surface area contributed by atoms with Crippen LogP contribution in [0.1, 0.15) is 40.7 Å². The molecule has 0 radical (unpaired) electrons. The van der Waals surface area contributed by atoms with E-state index in [0.29, 0.717) is 18.4 Å². The first-order valence-electron chi connectivity index (χ1n) is 9.83. The molecular weight excluding hydrogens is 370 g/mol. The van der Waals surface area contributed by atoms with Gasteiger partial charge in [0.2, 0.25) is 0 Å². The number of benzene rings is 1. The molecule has 144 valence electrons. The highest BCUT2D eigenvalue weighted by Crippen LogP contribution is 2.34. The minimum absolute atomic E-state index is 0.0281. The number of thiazole rings is 1. The van der Waals surface area contributed by atoms with E-state index in [-0.39, 0.29) is 5.56 Å². The molecule has 28 heavy (non-hydrogen) atoms. The first-order chi connectivity index (χ1) is 13.8. The van der Waals surface area contributed by atoms with Crippen molar-refractivity contribution in [2.75, 3.05) is 13.1 Å². The van der Waals surface area contributed by atoms with Crippen molar-refractivity contribution < 1.29 is 0 Å². The molecule has 7 heteroatoms. The van der Waals surface area contributed by atoms with Crippen LogP contribution in [0.25, 0.3) is 11.4 Å². The zero-order valence-corrected chi connectivity index (χ0v) is 16.5. The molecule has 1 aromatic carbocycles. The third-order valence-corrected chi connectivity index (χ3v) is 6.53. The molecule has 1 atom stereocenters. The molecule has 6 nitrogen and oxygen atoms in total. The SMILES string of the molecule is O=c1[nH]c(-c2ccc(CN3CCCC3c3nccs3)cc2)nc2c1CNCC2. The van der Waals surface area contributed by atoms with Gasteiger partial charge in [0.1, 0.15) is 10.8 Å². The Morgan fingerprint density at radius 3 is 2.96 bits per heavy atom. The number of nitrogens with zero attached hydrogens (tertiary/aromatic N) is 3. The molecule has 2 N–H and O–H groups in total. The number of nitrogens with one attached hydrogen (secondary N) is 2. The molecular formula is C21H23N5OS. The van der Waals surface area contributed by atoms with Gasteiger partial charge in [-0.1, -0.05) is 24.3 Å². The number of likely N-dealkylation sites (tertiary alicyclic amines) is 1. The molecule has 1 unspecified atom stereocenters. The number of aromatic amines is 1. The topological polar surface area (TPSA) is 73.9 Å². The highest BCUT2D eigenvalue weighted by molar-refractivity contribution is 7.09. The van der Waals surface area contributed by atoms with Gasteiger partial charge < -0.3 is 10.3 Å². The molecule has 0 spiro atoms. The normalized spacial score (nSPS) is 19.6. The number of rotatable bonds is 4. The van der Waals surface area contributed by atoms with Gasteiger partial charge in [0.25, 0.3) is 5.56 Å². The lowest BCUT2D eigenvalue weighted by molar-refractivity contribution is 0.248. The summed E-state index contributed by atoms with van der Waals surface area (Å²) in [5.41, 5.74) is 3.90. The van der Waals surface area contributed by atoms with E-state index in [1.807, 2.05) is 6.20 Å². The van der Waals surface area contributed by atoms with E-state index < -0.39 is 0 Å². The van der Waals surface area contributed by atoms with Gasteiger partial charge in [-0.05, 0) is 24.9 Å². The zero-order chi connectivity index (χ0) is 18.9. The maximum atomic E-state index is 12.4. The lowest BCUT2D eigenvalue weighted by Gasteiger charge is -2.22. The van der Waals surface area contributed by atoms with E-state index in [1.54, 1.807) is 11.3 Å². The van der Waals surface area contributed by atoms with E-state index in [4.69, 9.17) is 4.98 Å². The third kappa shape index (κ3) is 3.41. The van der Waals surface area contributed by atoms with Crippen molar-refractivity contribution in [3.05, 3.63) is 68.0 Å². The lowest BCUT2D eigenvalue weighted by Crippen LogP contribution is -2.31. The van der Waals surface area contributed by atoms with Gasteiger partial charge in [0, 0.05) is 43.2 Å². The Morgan fingerprint density at radius 2 is 2.14 bits per heavy atom. The van der Waals surface area contributed by atoms with Crippen LogP contribution in [0.3, 0.4) is 0 Å². The first kappa shape index (κ1) is 17.7. The molecule has 1 saturated heterocycles. The molecule has 0 saturated carbocycles. The van der Waals surface area contributed by atoms with Gasteiger partial charge in [-0.2, -0.15) is 0 Å². The average molecular weight is 394 g/mol. The zero-order valence-electron chi connectivity index (χ0n) is 15.6. The Hall–Kier alpha value is -2.35. The van der Waals surface area contributed by atoms with Crippen molar-refractivity contribution >= 4 is 11.3 Å². The molecule has 5 rings (SSSR count). The summed E-state index contributed by atoms with van der Waals surface area (Å²) in [4.78, 5) is 27.0. The number of aromatic nitrogens is 3. The Balaban J connectivity index is 1.35. The molecule has 0 aliphatic carbocycles. The quantitative estimate of drug-likeness (QED) is 0.713. The Labute approximate surface area is 167 Å². The van der Waals surface area contributed by atoms with Crippen molar-refractivity contribution in [1.29, 1.82) is 0 Å². The Bertz CT molecular complexity index is 1010. The number of hydrogen-bond acceptors (Lipinski definition) is 6. The summed E-state index contributed by atoms with van der Waals surface area (Å²) in [6, 6.07) is 8.86. The standard InChI is InChI=1S/C21H23N5OS/c27-20-16-12-22-8-7-17(16)24-19(25-20)15-5-3-14(4-6-15)13-26-10-1-2-18(26)21-23-9-11-28-21/h3-6,9,11,18,22H,1-2,7-8,10,12-13H2,(H,24,25,27). The largest absolute Gasteiger partial charge is 0.312 e. The molecule has 3 aromatic rings. The number of hydrogen-bond donors (Lipinski definition) is 2. The fourth-order valence-electron chi connectivity index (χ4n) is 4.19. The monoisotopic (exact) mass is 393 g/mol. The second-order valence-corrected chi connectivity index (χ2v) is 8.39. The maximum absolute atomic E-state index is 12.4. The van der Waals surface area contributed by atoms with Crippen LogP contribution in [-0.2, 0) is 19.5 Å². The van der Waals surface area contributed by atoms with E-state index in [9.17, 15) is 4.79 Å². The van der Waals surface area contributed by atoms with Crippen molar-refractivity contribution in [3.8, 4) is 11.4 Å². The third-order valence-electron chi connectivity index (χ3n) is 5.65. The summed E-state index contributed by atoms with van der Waals surface area (Å²) in [5, 5.41) is 6.51. The Kier molecular flexibility index (Phi) is 4.80. The number of H-pyrrole nitrogens is 1.